The Labute approximate surface area is 238 Å². The molecular formula is C31H43ClN4O3. The lowest BCUT2D eigenvalue weighted by molar-refractivity contribution is -0.141. The fourth-order valence-corrected chi connectivity index (χ4v) is 5.72. The molecule has 1 N–H and O–H groups in total. The number of benzene rings is 2. The maximum atomic E-state index is 13.5. The highest BCUT2D eigenvalue weighted by atomic mass is 35.5. The number of amides is 2. The number of carbonyl (C=O) groups is 2. The van der Waals surface area contributed by atoms with Gasteiger partial charge in [0.15, 0.2) is 0 Å². The van der Waals surface area contributed by atoms with E-state index in [1.165, 1.54) is 5.56 Å². The third-order valence-electron chi connectivity index (χ3n) is 7.86. The van der Waals surface area contributed by atoms with E-state index in [2.05, 4.69) is 49.2 Å². The molecule has 2 fully saturated rings. The van der Waals surface area contributed by atoms with Gasteiger partial charge in [0.05, 0.1) is 6.04 Å². The minimum atomic E-state index is -0.449. The highest BCUT2D eigenvalue weighted by molar-refractivity contribution is 6.30. The van der Waals surface area contributed by atoms with E-state index in [-0.39, 0.29) is 29.7 Å². The lowest BCUT2D eigenvalue weighted by atomic mass is 9.91. The highest BCUT2D eigenvalue weighted by Gasteiger charge is 2.38. The average molecular weight is 555 g/mol. The molecule has 39 heavy (non-hydrogen) atoms. The van der Waals surface area contributed by atoms with Crippen LogP contribution in [0.25, 0.3) is 0 Å². The lowest BCUT2D eigenvalue weighted by Crippen LogP contribution is -2.52. The van der Waals surface area contributed by atoms with Crippen LogP contribution in [-0.2, 0) is 14.3 Å². The molecule has 2 aliphatic heterocycles. The van der Waals surface area contributed by atoms with Gasteiger partial charge in [0, 0.05) is 62.4 Å². The van der Waals surface area contributed by atoms with Crippen LogP contribution in [0.5, 0.6) is 0 Å². The molecule has 2 aromatic carbocycles. The second kappa shape index (κ2) is 13.2. The van der Waals surface area contributed by atoms with Gasteiger partial charge >= 0.3 is 0 Å². The van der Waals surface area contributed by atoms with Gasteiger partial charge < -0.3 is 24.8 Å². The number of piperazine rings is 1. The summed E-state index contributed by atoms with van der Waals surface area (Å²) in [6.07, 6.45) is 0.856. The SMILES string of the molecule is Cc1ccc([C@@H](NC(=O)CCN(C)C)C(C)C)c(N2CCN(C(=O)C3OCCC3c3ccc(Cl)cc3)CC2)c1. The van der Waals surface area contributed by atoms with E-state index < -0.39 is 6.10 Å². The molecule has 2 aromatic rings. The molecule has 2 heterocycles. The quantitative estimate of drug-likeness (QED) is 0.489. The van der Waals surface area contributed by atoms with E-state index >= 15 is 0 Å². The maximum absolute atomic E-state index is 13.5. The van der Waals surface area contributed by atoms with Crippen LogP contribution in [-0.4, -0.2) is 81.1 Å². The second-order valence-corrected chi connectivity index (χ2v) is 11.9. The molecule has 0 saturated carbocycles. The van der Waals surface area contributed by atoms with Crippen molar-refractivity contribution in [3.8, 4) is 0 Å². The van der Waals surface area contributed by atoms with Gasteiger partial charge in [-0.1, -0.05) is 49.7 Å². The molecule has 4 rings (SSSR count). The summed E-state index contributed by atoms with van der Waals surface area (Å²) in [6.45, 7) is 10.5. The summed E-state index contributed by atoms with van der Waals surface area (Å²) in [4.78, 5) is 32.7. The molecular weight excluding hydrogens is 512 g/mol. The van der Waals surface area contributed by atoms with Crippen molar-refractivity contribution in [3.63, 3.8) is 0 Å². The van der Waals surface area contributed by atoms with E-state index in [4.69, 9.17) is 16.3 Å². The summed E-state index contributed by atoms with van der Waals surface area (Å²) in [6, 6.07) is 14.2. The minimum Gasteiger partial charge on any atom is -0.368 e. The van der Waals surface area contributed by atoms with Crippen LogP contribution in [0, 0.1) is 12.8 Å². The molecule has 3 atom stereocenters. The summed E-state index contributed by atoms with van der Waals surface area (Å²) in [5.74, 6) is 0.432. The average Bonchev–Trinajstić information content (AvgIpc) is 3.41. The zero-order chi connectivity index (χ0) is 28.1. The van der Waals surface area contributed by atoms with Crippen molar-refractivity contribution in [2.45, 2.75) is 51.7 Å². The van der Waals surface area contributed by atoms with Gasteiger partial charge in [-0.05, 0) is 68.2 Å². The van der Waals surface area contributed by atoms with Crippen molar-refractivity contribution >= 4 is 29.1 Å². The van der Waals surface area contributed by atoms with E-state index in [9.17, 15) is 9.59 Å². The summed E-state index contributed by atoms with van der Waals surface area (Å²) in [5, 5.41) is 3.99. The number of aryl methyl sites for hydroxylation is 1. The molecule has 0 spiro atoms. The van der Waals surface area contributed by atoms with Gasteiger partial charge in [-0.2, -0.15) is 0 Å². The number of halogens is 1. The molecule has 2 amide bonds. The van der Waals surface area contributed by atoms with E-state index in [0.29, 0.717) is 31.1 Å². The number of anilines is 1. The molecule has 8 heteroatoms. The third-order valence-corrected chi connectivity index (χ3v) is 8.11. The standard InChI is InChI=1S/C31H43ClN4O3/c1-21(2)29(33-28(37)12-14-34(4)5)26-11-6-22(3)20-27(26)35-15-17-36(18-16-35)31(38)30-25(13-19-39-30)23-7-9-24(32)10-8-23/h6-11,20-21,25,29-30H,12-19H2,1-5H3,(H,33,37)/t25?,29-,30?/m0/s1. The summed E-state index contributed by atoms with van der Waals surface area (Å²) >= 11 is 6.08. The van der Waals surface area contributed by atoms with Crippen molar-refractivity contribution in [3.05, 3.63) is 64.2 Å². The van der Waals surface area contributed by atoms with Crippen LogP contribution in [0.3, 0.4) is 0 Å². The third kappa shape index (κ3) is 7.33. The Morgan fingerprint density at radius 1 is 1.08 bits per heavy atom. The second-order valence-electron chi connectivity index (χ2n) is 11.5. The lowest BCUT2D eigenvalue weighted by Gasteiger charge is -2.39. The molecule has 2 saturated heterocycles. The molecule has 0 aromatic heterocycles. The first-order chi connectivity index (χ1) is 18.6. The number of carbonyl (C=O) groups excluding carboxylic acids is 2. The zero-order valence-electron chi connectivity index (χ0n) is 24.0. The van der Waals surface area contributed by atoms with Crippen molar-refractivity contribution in [2.75, 3.05) is 58.3 Å². The predicted octanol–water partition coefficient (Wildman–Crippen LogP) is 4.63. The number of rotatable bonds is 9. The first-order valence-corrected chi connectivity index (χ1v) is 14.5. The van der Waals surface area contributed by atoms with E-state index in [0.717, 1.165) is 42.9 Å². The number of ether oxygens (including phenoxy) is 1. The molecule has 0 aliphatic carbocycles. The van der Waals surface area contributed by atoms with E-state index in [1.54, 1.807) is 0 Å². The summed E-state index contributed by atoms with van der Waals surface area (Å²) in [7, 11) is 3.96. The van der Waals surface area contributed by atoms with Crippen LogP contribution in [0.1, 0.15) is 55.3 Å². The number of nitrogens with one attached hydrogen (secondary N) is 1. The number of nitrogens with zero attached hydrogens (tertiary/aromatic N) is 3. The van der Waals surface area contributed by atoms with E-state index in [1.807, 2.05) is 48.2 Å². The van der Waals surface area contributed by atoms with Gasteiger partial charge in [0.2, 0.25) is 5.91 Å². The predicted molar refractivity (Wildman–Crippen MR) is 157 cm³/mol. The first-order valence-electron chi connectivity index (χ1n) is 14.1. The highest BCUT2D eigenvalue weighted by Crippen LogP contribution is 2.35. The van der Waals surface area contributed by atoms with Crippen LogP contribution in [0.4, 0.5) is 5.69 Å². The summed E-state index contributed by atoms with van der Waals surface area (Å²) < 4.78 is 5.96. The topological polar surface area (TPSA) is 65.1 Å². The largest absolute Gasteiger partial charge is 0.368 e. The van der Waals surface area contributed by atoms with Gasteiger partial charge in [0.1, 0.15) is 6.10 Å². The Kier molecular flexibility index (Phi) is 9.91. The van der Waals surface area contributed by atoms with Crippen molar-refractivity contribution in [1.82, 2.24) is 15.1 Å². The molecule has 2 unspecified atom stereocenters. The van der Waals surface area contributed by atoms with Crippen LogP contribution < -0.4 is 10.2 Å². The Hall–Kier alpha value is -2.61. The monoisotopic (exact) mass is 554 g/mol. The Morgan fingerprint density at radius 3 is 2.41 bits per heavy atom. The fourth-order valence-electron chi connectivity index (χ4n) is 5.60. The molecule has 2 aliphatic rings. The molecule has 0 radical (unpaired) electrons. The van der Waals surface area contributed by atoms with Crippen LogP contribution >= 0.6 is 11.6 Å². The first kappa shape index (κ1) is 29.4. The van der Waals surface area contributed by atoms with Gasteiger partial charge in [0.25, 0.3) is 5.91 Å². The summed E-state index contributed by atoms with van der Waals surface area (Å²) in [5.41, 5.74) is 4.56. The van der Waals surface area contributed by atoms with Gasteiger partial charge in [-0.15, -0.1) is 0 Å². The van der Waals surface area contributed by atoms with Crippen molar-refractivity contribution in [1.29, 1.82) is 0 Å². The van der Waals surface area contributed by atoms with Crippen molar-refractivity contribution in [2.24, 2.45) is 5.92 Å². The maximum Gasteiger partial charge on any atom is 0.252 e. The Morgan fingerprint density at radius 2 is 1.77 bits per heavy atom. The van der Waals surface area contributed by atoms with Crippen LogP contribution in [0.2, 0.25) is 5.02 Å². The smallest absolute Gasteiger partial charge is 0.252 e. The molecule has 7 nitrogen and oxygen atoms in total. The minimum absolute atomic E-state index is 0.0547. The Bertz CT molecular complexity index is 1130. The van der Waals surface area contributed by atoms with Gasteiger partial charge in [-0.25, -0.2) is 0 Å². The zero-order valence-corrected chi connectivity index (χ0v) is 24.7. The molecule has 212 valence electrons. The van der Waals surface area contributed by atoms with Crippen molar-refractivity contribution < 1.29 is 14.3 Å². The Balaban J connectivity index is 1.45. The molecule has 0 bridgehead atoms. The van der Waals surface area contributed by atoms with Crippen LogP contribution in [0.15, 0.2) is 42.5 Å². The number of hydrogen-bond acceptors (Lipinski definition) is 5. The fraction of sp³-hybridized carbons (Fsp3) is 0.548. The van der Waals surface area contributed by atoms with Gasteiger partial charge in [-0.3, -0.25) is 9.59 Å². The number of hydrogen-bond donors (Lipinski definition) is 1. The normalized spacial score (nSPS) is 20.5.